The lowest BCUT2D eigenvalue weighted by atomic mass is 9.86. The molecule has 0 radical (unpaired) electrons. The van der Waals surface area contributed by atoms with Gasteiger partial charge in [-0.3, -0.25) is 9.59 Å². The number of hydrogen-bond donors (Lipinski definition) is 3. The van der Waals surface area contributed by atoms with Crippen molar-refractivity contribution in [3.8, 4) is 11.5 Å². The Kier molecular flexibility index (Phi) is 11.9. The molecule has 43 heavy (non-hydrogen) atoms. The van der Waals surface area contributed by atoms with E-state index in [-0.39, 0.29) is 24.4 Å². The Morgan fingerprint density at radius 3 is 2.21 bits per heavy atom. The van der Waals surface area contributed by atoms with Crippen molar-refractivity contribution in [3.63, 3.8) is 0 Å². The van der Waals surface area contributed by atoms with Gasteiger partial charge in [-0.2, -0.15) is 0 Å². The van der Waals surface area contributed by atoms with Crippen LogP contribution in [-0.2, 0) is 31.0 Å². The minimum atomic E-state index is -1.24. The molecule has 0 bridgehead atoms. The van der Waals surface area contributed by atoms with Crippen molar-refractivity contribution in [1.82, 2.24) is 15.5 Å². The first kappa shape index (κ1) is 33.4. The summed E-state index contributed by atoms with van der Waals surface area (Å²) in [7, 11) is 0. The summed E-state index contributed by atoms with van der Waals surface area (Å²) >= 11 is 0. The molecule has 0 aromatic heterocycles. The Hall–Kier alpha value is -4.12. The van der Waals surface area contributed by atoms with Crippen LogP contribution in [-0.4, -0.2) is 78.9 Å². The van der Waals surface area contributed by atoms with Crippen molar-refractivity contribution in [1.29, 1.82) is 0 Å². The van der Waals surface area contributed by atoms with Crippen LogP contribution >= 0.6 is 0 Å². The number of carbonyl (C=O) groups excluding carboxylic acids is 3. The van der Waals surface area contributed by atoms with Crippen molar-refractivity contribution in [3.05, 3.63) is 59.7 Å². The largest absolute Gasteiger partial charge is 0.483 e. The first-order chi connectivity index (χ1) is 20.3. The first-order valence-corrected chi connectivity index (χ1v) is 14.5. The van der Waals surface area contributed by atoms with E-state index in [0.717, 1.165) is 5.56 Å². The molecule has 2 aromatic rings. The second-order valence-electron chi connectivity index (χ2n) is 12.0. The zero-order valence-electron chi connectivity index (χ0n) is 25.6. The van der Waals surface area contributed by atoms with Crippen LogP contribution in [0.5, 0.6) is 11.5 Å². The van der Waals surface area contributed by atoms with E-state index >= 15 is 0 Å². The van der Waals surface area contributed by atoms with Crippen LogP contribution in [0.4, 0.5) is 4.79 Å². The van der Waals surface area contributed by atoms with Gasteiger partial charge in [-0.15, -0.1) is 0 Å². The minimum absolute atomic E-state index is 0.00614. The van der Waals surface area contributed by atoms with Crippen molar-refractivity contribution < 1.29 is 38.5 Å². The van der Waals surface area contributed by atoms with Gasteiger partial charge in [0.2, 0.25) is 5.91 Å². The molecule has 0 saturated carbocycles. The molecule has 2 unspecified atom stereocenters. The molecule has 0 spiro atoms. The monoisotopic (exact) mass is 597 g/mol. The molecule has 1 heterocycles. The fourth-order valence-corrected chi connectivity index (χ4v) is 4.61. The van der Waals surface area contributed by atoms with E-state index in [1.807, 2.05) is 52.8 Å². The van der Waals surface area contributed by atoms with Gasteiger partial charge in [0.1, 0.15) is 23.6 Å². The van der Waals surface area contributed by atoms with E-state index in [2.05, 4.69) is 10.6 Å². The molecule has 2 atom stereocenters. The van der Waals surface area contributed by atoms with E-state index in [9.17, 15) is 24.3 Å². The number of para-hydroxylation sites is 1. The summed E-state index contributed by atoms with van der Waals surface area (Å²) < 4.78 is 16.4. The first-order valence-electron chi connectivity index (χ1n) is 14.5. The number of nitrogens with one attached hydrogen (secondary N) is 2. The average Bonchev–Trinajstić information content (AvgIpc) is 2.96. The Labute approximate surface area is 252 Å². The molecule has 11 heteroatoms. The van der Waals surface area contributed by atoms with Gasteiger partial charge >= 0.3 is 12.1 Å². The third-order valence-corrected chi connectivity index (χ3v) is 6.86. The lowest BCUT2D eigenvalue weighted by molar-refractivity contribution is -0.142. The molecule has 0 aliphatic carbocycles. The van der Waals surface area contributed by atoms with Gasteiger partial charge in [0.15, 0.2) is 6.61 Å². The van der Waals surface area contributed by atoms with Gasteiger partial charge in [-0.05, 0) is 47.1 Å². The summed E-state index contributed by atoms with van der Waals surface area (Å²) in [6.45, 7) is 11.5. The van der Waals surface area contributed by atoms with Gasteiger partial charge in [0.05, 0.1) is 13.2 Å². The summed E-state index contributed by atoms with van der Waals surface area (Å²) in [5.74, 6) is -1.34. The van der Waals surface area contributed by atoms with Crippen LogP contribution < -0.4 is 20.1 Å². The average molecular weight is 598 g/mol. The lowest BCUT2D eigenvalue weighted by Crippen LogP contribution is -2.53. The number of aliphatic carboxylic acids is 1. The van der Waals surface area contributed by atoms with E-state index in [1.54, 1.807) is 35.2 Å². The smallest absolute Gasteiger partial charge is 0.415 e. The van der Waals surface area contributed by atoms with Crippen molar-refractivity contribution in [2.45, 2.75) is 65.0 Å². The number of carboxylic acids is 1. The third-order valence-electron chi connectivity index (χ3n) is 6.86. The molecule has 3 amide bonds. The summed E-state index contributed by atoms with van der Waals surface area (Å²) in [4.78, 5) is 51.9. The fourth-order valence-electron chi connectivity index (χ4n) is 4.61. The van der Waals surface area contributed by atoms with Crippen molar-refractivity contribution >= 4 is 23.9 Å². The maximum Gasteiger partial charge on any atom is 0.415 e. The number of morpholine rings is 1. The van der Waals surface area contributed by atoms with E-state index in [4.69, 9.17) is 14.2 Å². The van der Waals surface area contributed by atoms with Crippen LogP contribution in [0.3, 0.4) is 0 Å². The van der Waals surface area contributed by atoms with E-state index < -0.39 is 36.0 Å². The highest BCUT2D eigenvalue weighted by atomic mass is 16.6. The van der Waals surface area contributed by atoms with Gasteiger partial charge < -0.3 is 34.9 Å². The van der Waals surface area contributed by atoms with Crippen LogP contribution in [0.1, 0.15) is 52.2 Å². The third kappa shape index (κ3) is 10.6. The number of amides is 3. The fraction of sp³-hybridized carbons (Fsp3) is 0.500. The molecule has 234 valence electrons. The molecule has 2 aromatic carbocycles. The predicted octanol–water partition coefficient (Wildman–Crippen LogP) is 3.54. The van der Waals surface area contributed by atoms with Gasteiger partial charge in [-0.25, -0.2) is 9.59 Å². The lowest BCUT2D eigenvalue weighted by Gasteiger charge is -2.25. The zero-order chi connectivity index (χ0) is 31.6. The standard InChI is InChI=1S/C32H43N3O8/c1-21(2)18-25(33-28(36)20-42-27-9-7-6-8-24(27)32(3,4)5)29(37)34-26(30(38)39)19-22-10-12-23(13-11-22)43-31(40)35-14-16-41-17-15-35/h6-13,21,25-26H,14-20H2,1-5H3,(H,33,36)(H,34,37)(H,38,39). The van der Waals surface area contributed by atoms with Gasteiger partial charge in [0, 0.05) is 19.5 Å². The van der Waals surface area contributed by atoms with Gasteiger partial charge in [0.25, 0.3) is 5.91 Å². The number of rotatable bonds is 12. The number of ether oxygens (including phenoxy) is 3. The molecule has 1 aliphatic heterocycles. The molecule has 1 saturated heterocycles. The summed E-state index contributed by atoms with van der Waals surface area (Å²) in [5, 5.41) is 15.1. The zero-order valence-corrected chi connectivity index (χ0v) is 25.6. The Balaban J connectivity index is 1.59. The van der Waals surface area contributed by atoms with Crippen molar-refractivity contribution in [2.75, 3.05) is 32.9 Å². The van der Waals surface area contributed by atoms with Crippen LogP contribution in [0.25, 0.3) is 0 Å². The van der Waals surface area contributed by atoms with E-state index in [0.29, 0.717) is 49.8 Å². The highest BCUT2D eigenvalue weighted by Gasteiger charge is 2.28. The second kappa shape index (κ2) is 15.4. The summed E-state index contributed by atoms with van der Waals surface area (Å²) in [5.41, 5.74) is 1.38. The quantitative estimate of drug-likeness (QED) is 0.337. The molecule has 3 N–H and O–H groups in total. The number of carbonyl (C=O) groups is 4. The Bertz CT molecular complexity index is 1250. The molecule has 3 rings (SSSR count). The number of nitrogens with zero attached hydrogens (tertiary/aromatic N) is 1. The van der Waals surface area contributed by atoms with E-state index in [1.165, 1.54) is 0 Å². The molecular weight excluding hydrogens is 554 g/mol. The van der Waals surface area contributed by atoms with Crippen LogP contribution in [0.15, 0.2) is 48.5 Å². The Morgan fingerprint density at radius 2 is 1.60 bits per heavy atom. The van der Waals surface area contributed by atoms with Crippen LogP contribution in [0.2, 0.25) is 0 Å². The summed E-state index contributed by atoms with van der Waals surface area (Å²) in [6, 6.07) is 11.7. The number of benzene rings is 2. The van der Waals surface area contributed by atoms with Crippen molar-refractivity contribution in [2.24, 2.45) is 5.92 Å². The number of hydrogen-bond acceptors (Lipinski definition) is 7. The Morgan fingerprint density at radius 1 is 0.953 bits per heavy atom. The molecule has 11 nitrogen and oxygen atoms in total. The maximum absolute atomic E-state index is 13.2. The predicted molar refractivity (Wildman–Crippen MR) is 160 cm³/mol. The number of carboxylic acid groups (broad SMARTS) is 1. The highest BCUT2D eigenvalue weighted by Crippen LogP contribution is 2.30. The van der Waals surface area contributed by atoms with Crippen LogP contribution in [0, 0.1) is 5.92 Å². The minimum Gasteiger partial charge on any atom is -0.483 e. The normalized spacial score (nSPS) is 14.9. The highest BCUT2D eigenvalue weighted by molar-refractivity contribution is 5.90. The molecule has 1 aliphatic rings. The maximum atomic E-state index is 13.2. The SMILES string of the molecule is CC(C)CC(NC(=O)COc1ccccc1C(C)(C)C)C(=O)NC(Cc1ccc(OC(=O)N2CCOCC2)cc1)C(=O)O. The topological polar surface area (TPSA) is 143 Å². The summed E-state index contributed by atoms with van der Waals surface area (Å²) in [6.07, 6.45) is -0.173. The second-order valence-corrected chi connectivity index (χ2v) is 12.0. The van der Waals surface area contributed by atoms with Gasteiger partial charge in [-0.1, -0.05) is 65.0 Å². The molecular formula is C32H43N3O8. The molecule has 1 fully saturated rings.